The molecule has 0 amide bonds. The monoisotopic (exact) mass is 510 g/mol. The molecule has 0 atom stereocenters. The summed E-state index contributed by atoms with van der Waals surface area (Å²) in [6.45, 7) is 0. The molecule has 3 aromatic heterocycles. The van der Waals surface area contributed by atoms with Crippen molar-refractivity contribution in [2.45, 2.75) is 0 Å². The Hall–Kier alpha value is -5.50. The molecule has 3 heterocycles. The number of H-pyrrole nitrogens is 1. The Bertz CT molecular complexity index is 2060. The van der Waals surface area contributed by atoms with Gasteiger partial charge in [0.1, 0.15) is 11.3 Å². The van der Waals surface area contributed by atoms with Crippen LogP contribution in [0.4, 0.5) is 11.6 Å². The van der Waals surface area contributed by atoms with Gasteiger partial charge in [-0.25, -0.2) is 4.98 Å². The molecule has 0 aliphatic heterocycles. The maximum Gasteiger partial charge on any atom is 0.267 e. The lowest BCUT2D eigenvalue weighted by atomic mass is 10.0. The van der Waals surface area contributed by atoms with E-state index in [1.54, 1.807) is 24.1 Å². The van der Waals surface area contributed by atoms with Gasteiger partial charge < -0.3 is 10.1 Å². The van der Waals surface area contributed by atoms with Gasteiger partial charge in [0.05, 0.1) is 23.6 Å². The molecule has 0 spiro atoms. The number of anilines is 2. The van der Waals surface area contributed by atoms with Crippen LogP contribution in [-0.4, -0.2) is 31.8 Å². The van der Waals surface area contributed by atoms with Crippen molar-refractivity contribution < 1.29 is 4.74 Å². The standard InChI is InChI=1S/C31H22N6O2/c1-39-25-13-11-23(12-14-25)34-31-32-17-26-28-27(18-33-36-28)30(38)37(29(26)35-31)24-8-4-7-21(16-24)22-10-9-19-5-2-3-6-20(19)15-22/h2-18H,1H3,(H,33,36)(H,32,34,35). The van der Waals surface area contributed by atoms with Crippen molar-refractivity contribution in [3.8, 4) is 22.6 Å². The number of nitrogens with one attached hydrogen (secondary N) is 2. The molecule has 0 aliphatic rings. The van der Waals surface area contributed by atoms with E-state index in [2.05, 4.69) is 50.8 Å². The van der Waals surface area contributed by atoms with Gasteiger partial charge in [-0.3, -0.25) is 14.5 Å². The predicted molar refractivity (Wildman–Crippen MR) is 154 cm³/mol. The van der Waals surface area contributed by atoms with Gasteiger partial charge in [0.15, 0.2) is 5.65 Å². The number of pyridine rings is 1. The van der Waals surface area contributed by atoms with E-state index in [-0.39, 0.29) is 5.56 Å². The highest BCUT2D eigenvalue weighted by molar-refractivity contribution is 6.02. The number of fused-ring (bicyclic) bond motifs is 4. The van der Waals surface area contributed by atoms with E-state index in [4.69, 9.17) is 9.72 Å². The zero-order valence-corrected chi connectivity index (χ0v) is 20.9. The molecular weight excluding hydrogens is 488 g/mol. The number of hydrogen-bond donors (Lipinski definition) is 2. The van der Waals surface area contributed by atoms with Gasteiger partial charge in [-0.15, -0.1) is 0 Å². The molecule has 0 unspecified atom stereocenters. The predicted octanol–water partition coefficient (Wildman–Crippen LogP) is 6.23. The van der Waals surface area contributed by atoms with Gasteiger partial charge in [-0.05, 0) is 64.4 Å². The second-order valence-corrected chi connectivity index (χ2v) is 9.18. The van der Waals surface area contributed by atoms with Crippen LogP contribution in [-0.2, 0) is 0 Å². The van der Waals surface area contributed by atoms with Crippen molar-refractivity contribution in [3.63, 3.8) is 0 Å². The van der Waals surface area contributed by atoms with Gasteiger partial charge >= 0.3 is 0 Å². The SMILES string of the molecule is COc1ccc(Nc2ncc3c4n[nH]cc4c(=O)n(-c4cccc(-c5ccc6ccccc6c5)c4)c3n2)cc1. The highest BCUT2D eigenvalue weighted by Gasteiger charge is 2.17. The highest BCUT2D eigenvalue weighted by atomic mass is 16.5. The average molecular weight is 511 g/mol. The zero-order chi connectivity index (χ0) is 26.3. The van der Waals surface area contributed by atoms with Crippen molar-refractivity contribution in [3.05, 3.63) is 114 Å². The lowest BCUT2D eigenvalue weighted by molar-refractivity contribution is 0.415. The Labute approximate surface area is 222 Å². The van der Waals surface area contributed by atoms with Gasteiger partial charge in [0.25, 0.3) is 5.56 Å². The quantitative estimate of drug-likeness (QED) is 0.285. The van der Waals surface area contributed by atoms with Crippen molar-refractivity contribution >= 4 is 44.3 Å². The summed E-state index contributed by atoms with van der Waals surface area (Å²) >= 11 is 0. The molecule has 7 rings (SSSR count). The van der Waals surface area contributed by atoms with E-state index in [1.165, 1.54) is 5.39 Å². The second-order valence-electron chi connectivity index (χ2n) is 9.18. The molecular formula is C31H22N6O2. The molecule has 188 valence electrons. The number of nitrogens with zero attached hydrogens (tertiary/aromatic N) is 4. The average Bonchev–Trinajstić information content (AvgIpc) is 3.48. The molecule has 8 heteroatoms. The van der Waals surface area contributed by atoms with Crippen LogP contribution in [0.2, 0.25) is 0 Å². The van der Waals surface area contributed by atoms with Crippen LogP contribution in [0.1, 0.15) is 0 Å². The van der Waals surface area contributed by atoms with Crippen LogP contribution in [0.3, 0.4) is 0 Å². The van der Waals surface area contributed by atoms with E-state index in [0.29, 0.717) is 33.6 Å². The van der Waals surface area contributed by atoms with Crippen LogP contribution in [0.15, 0.2) is 108 Å². The first kappa shape index (κ1) is 22.7. The summed E-state index contributed by atoms with van der Waals surface area (Å²) in [5, 5.41) is 13.8. The molecule has 4 aromatic carbocycles. The first-order valence-electron chi connectivity index (χ1n) is 12.4. The summed E-state index contributed by atoms with van der Waals surface area (Å²) in [6.07, 6.45) is 3.31. The summed E-state index contributed by atoms with van der Waals surface area (Å²) in [6, 6.07) is 30.0. The number of benzene rings is 4. The summed E-state index contributed by atoms with van der Waals surface area (Å²) in [5.74, 6) is 1.11. The smallest absolute Gasteiger partial charge is 0.267 e. The summed E-state index contributed by atoms with van der Waals surface area (Å²) in [7, 11) is 1.62. The molecule has 8 nitrogen and oxygen atoms in total. The Balaban J connectivity index is 1.39. The molecule has 39 heavy (non-hydrogen) atoms. The van der Waals surface area contributed by atoms with Crippen LogP contribution in [0.5, 0.6) is 5.75 Å². The number of aromatic amines is 1. The highest BCUT2D eigenvalue weighted by Crippen LogP contribution is 2.28. The molecule has 7 aromatic rings. The molecule has 0 saturated carbocycles. The minimum atomic E-state index is -0.212. The third-order valence-electron chi connectivity index (χ3n) is 6.84. The number of methoxy groups -OCH3 is 1. The Morgan fingerprint density at radius 1 is 0.846 bits per heavy atom. The normalized spacial score (nSPS) is 11.3. The van der Waals surface area contributed by atoms with Crippen LogP contribution >= 0.6 is 0 Å². The van der Waals surface area contributed by atoms with Gasteiger partial charge in [-0.2, -0.15) is 10.1 Å². The molecule has 0 aliphatic carbocycles. The van der Waals surface area contributed by atoms with E-state index >= 15 is 0 Å². The van der Waals surface area contributed by atoms with Crippen molar-refractivity contribution in [1.82, 2.24) is 24.7 Å². The van der Waals surface area contributed by atoms with Gasteiger partial charge in [0.2, 0.25) is 5.95 Å². The third kappa shape index (κ3) is 3.95. The molecule has 0 radical (unpaired) electrons. The number of aromatic nitrogens is 5. The topological polar surface area (TPSA) is 97.7 Å². The maximum atomic E-state index is 13.8. The fraction of sp³-hybridized carbons (Fsp3) is 0.0323. The number of hydrogen-bond acceptors (Lipinski definition) is 6. The lowest BCUT2D eigenvalue weighted by Gasteiger charge is -2.13. The Morgan fingerprint density at radius 3 is 2.51 bits per heavy atom. The second kappa shape index (κ2) is 9.11. The number of ether oxygens (including phenoxy) is 1. The molecule has 0 bridgehead atoms. The largest absolute Gasteiger partial charge is 0.497 e. The Morgan fingerprint density at radius 2 is 1.67 bits per heavy atom. The summed E-state index contributed by atoms with van der Waals surface area (Å²) in [5.41, 5.74) is 4.34. The van der Waals surface area contributed by atoms with E-state index in [0.717, 1.165) is 28.0 Å². The first-order valence-corrected chi connectivity index (χ1v) is 12.4. The maximum absolute atomic E-state index is 13.8. The van der Waals surface area contributed by atoms with Gasteiger partial charge in [-0.1, -0.05) is 48.5 Å². The minimum Gasteiger partial charge on any atom is -0.497 e. The number of rotatable bonds is 5. The van der Waals surface area contributed by atoms with Crippen molar-refractivity contribution in [2.75, 3.05) is 12.4 Å². The fourth-order valence-corrected chi connectivity index (χ4v) is 4.88. The van der Waals surface area contributed by atoms with E-state index in [9.17, 15) is 4.79 Å². The van der Waals surface area contributed by atoms with Crippen LogP contribution in [0, 0.1) is 0 Å². The lowest BCUT2D eigenvalue weighted by Crippen LogP contribution is -2.20. The van der Waals surface area contributed by atoms with Crippen LogP contribution in [0.25, 0.3) is 49.5 Å². The molecule has 0 saturated heterocycles. The Kier molecular flexibility index (Phi) is 5.30. The van der Waals surface area contributed by atoms with E-state index in [1.807, 2.05) is 60.7 Å². The fourth-order valence-electron chi connectivity index (χ4n) is 4.88. The van der Waals surface area contributed by atoms with Gasteiger partial charge in [0, 0.05) is 18.1 Å². The van der Waals surface area contributed by atoms with Crippen molar-refractivity contribution in [2.24, 2.45) is 0 Å². The zero-order valence-electron chi connectivity index (χ0n) is 20.9. The van der Waals surface area contributed by atoms with E-state index < -0.39 is 0 Å². The third-order valence-corrected chi connectivity index (χ3v) is 6.84. The molecule has 0 fully saturated rings. The first-order chi connectivity index (χ1) is 19.2. The van der Waals surface area contributed by atoms with Crippen LogP contribution < -0.4 is 15.6 Å². The molecule has 2 N–H and O–H groups in total. The van der Waals surface area contributed by atoms with Crippen molar-refractivity contribution in [1.29, 1.82) is 0 Å². The summed E-state index contributed by atoms with van der Waals surface area (Å²) in [4.78, 5) is 23.1. The summed E-state index contributed by atoms with van der Waals surface area (Å²) < 4.78 is 6.87. The minimum absolute atomic E-state index is 0.212.